The van der Waals surface area contributed by atoms with Crippen LogP contribution in [0, 0.1) is 0 Å². The van der Waals surface area contributed by atoms with Gasteiger partial charge in [-0.15, -0.1) is 0 Å². The van der Waals surface area contributed by atoms with Gasteiger partial charge in [0.05, 0.1) is 11.1 Å². The molecule has 0 bridgehead atoms. The number of nitrogens with one attached hydrogen (secondary N) is 2. The van der Waals surface area contributed by atoms with Crippen molar-refractivity contribution >= 4 is 28.3 Å². The van der Waals surface area contributed by atoms with Crippen molar-refractivity contribution in [2.75, 3.05) is 5.32 Å². The maximum atomic E-state index is 12.7. The second-order valence-corrected chi connectivity index (χ2v) is 6.77. The van der Waals surface area contributed by atoms with Crippen LogP contribution in [-0.2, 0) is 12.7 Å². The number of aromatic amines is 1. The minimum atomic E-state index is -4.33. The third kappa shape index (κ3) is 3.68. The summed E-state index contributed by atoms with van der Waals surface area (Å²) in [6.45, 7) is 0.356. The molecule has 0 saturated heterocycles. The number of fused-ring (bicyclic) bond motifs is 1. The molecule has 0 aliphatic heterocycles. The van der Waals surface area contributed by atoms with Crippen LogP contribution in [0.1, 0.15) is 11.1 Å². The van der Waals surface area contributed by atoms with Gasteiger partial charge in [-0.05, 0) is 41.5 Å². The molecule has 0 unspecified atom stereocenters. The van der Waals surface area contributed by atoms with Crippen LogP contribution >= 0.6 is 11.6 Å². The molecule has 2 N–H and O–H groups in total. The largest absolute Gasteiger partial charge is 0.416 e. The van der Waals surface area contributed by atoms with Gasteiger partial charge in [-0.1, -0.05) is 48.0 Å². The Balaban J connectivity index is 1.58. The molecule has 7 heteroatoms. The highest BCUT2D eigenvalue weighted by Crippen LogP contribution is 2.32. The van der Waals surface area contributed by atoms with E-state index in [1.165, 1.54) is 12.1 Å². The van der Waals surface area contributed by atoms with Crippen LogP contribution in [0.4, 0.5) is 19.0 Å². The van der Waals surface area contributed by atoms with E-state index in [0.29, 0.717) is 17.4 Å². The Labute approximate surface area is 164 Å². The zero-order valence-electron chi connectivity index (χ0n) is 14.5. The summed E-state index contributed by atoms with van der Waals surface area (Å²) in [5, 5.41) is 11.9. The van der Waals surface area contributed by atoms with Gasteiger partial charge in [0.2, 0.25) is 0 Å². The van der Waals surface area contributed by atoms with Gasteiger partial charge in [0.15, 0.2) is 5.82 Å². The first-order valence-corrected chi connectivity index (χ1v) is 8.92. The van der Waals surface area contributed by atoms with Crippen molar-refractivity contribution in [3.05, 3.63) is 82.9 Å². The Kier molecular flexibility index (Phi) is 4.73. The van der Waals surface area contributed by atoms with Crippen LogP contribution in [0.25, 0.3) is 22.0 Å². The Morgan fingerprint density at radius 2 is 1.71 bits per heavy atom. The zero-order chi connectivity index (χ0) is 19.7. The molecule has 0 spiro atoms. The minimum Gasteiger partial charge on any atom is -0.364 e. The molecule has 0 saturated carbocycles. The summed E-state index contributed by atoms with van der Waals surface area (Å²) in [6, 6.07) is 18.5. The fraction of sp³-hybridized carbons (Fsp3) is 0.0952. The predicted octanol–water partition coefficient (Wildman–Crippen LogP) is 6.51. The highest BCUT2D eigenvalue weighted by Gasteiger charge is 2.29. The number of nitrogens with zero attached hydrogens (tertiary/aromatic N) is 1. The van der Waals surface area contributed by atoms with Crippen molar-refractivity contribution in [2.24, 2.45) is 0 Å². The standard InChI is InChI=1S/C21H15ClF3N3/c22-18-4-2-1-3-16(18)14-7-10-19-17(11-14)20(28-27-19)26-12-13-5-8-15(9-6-13)21(23,24)25/h1-11H,12H2,(H2,26,27,28). The van der Waals surface area contributed by atoms with Crippen LogP contribution in [0.2, 0.25) is 5.02 Å². The quantitative estimate of drug-likeness (QED) is 0.409. The summed E-state index contributed by atoms with van der Waals surface area (Å²) in [5.41, 5.74) is 2.79. The van der Waals surface area contributed by atoms with Crippen molar-refractivity contribution in [1.82, 2.24) is 10.2 Å². The lowest BCUT2D eigenvalue weighted by molar-refractivity contribution is -0.137. The van der Waals surface area contributed by atoms with Crippen LogP contribution < -0.4 is 5.32 Å². The summed E-state index contributed by atoms with van der Waals surface area (Å²) in [6.07, 6.45) is -4.33. The lowest BCUT2D eigenvalue weighted by Gasteiger charge is -2.09. The molecule has 0 aliphatic carbocycles. The number of anilines is 1. The average Bonchev–Trinajstić information content (AvgIpc) is 3.08. The summed E-state index contributed by atoms with van der Waals surface area (Å²) in [7, 11) is 0. The first kappa shape index (κ1) is 18.4. The molecule has 1 heterocycles. The van der Waals surface area contributed by atoms with Crippen LogP contribution in [-0.4, -0.2) is 10.2 Å². The van der Waals surface area contributed by atoms with Gasteiger partial charge in [-0.25, -0.2) is 0 Å². The van der Waals surface area contributed by atoms with Crippen molar-refractivity contribution in [3.63, 3.8) is 0 Å². The van der Waals surface area contributed by atoms with E-state index in [1.807, 2.05) is 42.5 Å². The Morgan fingerprint density at radius 3 is 2.43 bits per heavy atom. The second-order valence-electron chi connectivity index (χ2n) is 6.36. The third-order valence-electron chi connectivity index (χ3n) is 4.49. The lowest BCUT2D eigenvalue weighted by atomic mass is 10.0. The molecule has 0 radical (unpaired) electrons. The number of H-pyrrole nitrogens is 1. The Hall–Kier alpha value is -2.99. The maximum Gasteiger partial charge on any atom is 0.416 e. The van der Waals surface area contributed by atoms with E-state index >= 15 is 0 Å². The number of benzene rings is 3. The summed E-state index contributed by atoms with van der Waals surface area (Å²) >= 11 is 6.29. The van der Waals surface area contributed by atoms with Crippen molar-refractivity contribution in [3.8, 4) is 11.1 Å². The van der Waals surface area contributed by atoms with Crippen molar-refractivity contribution in [1.29, 1.82) is 0 Å². The molecule has 0 amide bonds. The second kappa shape index (κ2) is 7.20. The van der Waals surface area contributed by atoms with Crippen molar-refractivity contribution < 1.29 is 13.2 Å². The molecule has 1 aromatic heterocycles. The van der Waals surface area contributed by atoms with E-state index in [-0.39, 0.29) is 0 Å². The molecule has 0 atom stereocenters. The highest BCUT2D eigenvalue weighted by atomic mass is 35.5. The molecule has 28 heavy (non-hydrogen) atoms. The zero-order valence-corrected chi connectivity index (χ0v) is 15.3. The molecule has 0 aliphatic rings. The van der Waals surface area contributed by atoms with E-state index < -0.39 is 11.7 Å². The van der Waals surface area contributed by atoms with Crippen LogP contribution in [0.15, 0.2) is 66.7 Å². The molecule has 0 fully saturated rings. The summed E-state index contributed by atoms with van der Waals surface area (Å²) in [4.78, 5) is 0. The van der Waals surface area contributed by atoms with Crippen LogP contribution in [0.3, 0.4) is 0 Å². The number of aromatic nitrogens is 2. The molecule has 4 rings (SSSR count). The molecule has 3 aromatic carbocycles. The maximum absolute atomic E-state index is 12.7. The molecular formula is C21H15ClF3N3. The number of hydrogen-bond acceptors (Lipinski definition) is 2. The fourth-order valence-electron chi connectivity index (χ4n) is 3.01. The summed E-state index contributed by atoms with van der Waals surface area (Å²) in [5.74, 6) is 0.629. The Morgan fingerprint density at radius 1 is 0.964 bits per heavy atom. The number of rotatable bonds is 4. The first-order chi connectivity index (χ1) is 13.4. The monoisotopic (exact) mass is 401 g/mol. The smallest absolute Gasteiger partial charge is 0.364 e. The van der Waals surface area contributed by atoms with Crippen LogP contribution in [0.5, 0.6) is 0 Å². The SMILES string of the molecule is FC(F)(F)c1ccc(CNc2n[nH]c3ccc(-c4ccccc4Cl)cc23)cc1. The first-order valence-electron chi connectivity index (χ1n) is 8.55. The van der Waals surface area contributed by atoms with Gasteiger partial charge in [-0.3, -0.25) is 5.10 Å². The van der Waals surface area contributed by atoms with Gasteiger partial charge < -0.3 is 5.32 Å². The Bertz CT molecular complexity index is 1120. The van der Waals surface area contributed by atoms with Gasteiger partial charge in [0, 0.05) is 22.5 Å². The van der Waals surface area contributed by atoms with E-state index in [4.69, 9.17) is 11.6 Å². The van der Waals surface area contributed by atoms with Crippen molar-refractivity contribution in [2.45, 2.75) is 12.7 Å². The van der Waals surface area contributed by atoms with Gasteiger partial charge >= 0.3 is 6.18 Å². The summed E-state index contributed by atoms with van der Waals surface area (Å²) < 4.78 is 38.0. The molecule has 142 valence electrons. The number of hydrogen-bond donors (Lipinski definition) is 2. The van der Waals surface area contributed by atoms with E-state index in [1.54, 1.807) is 0 Å². The number of halogens is 4. The van der Waals surface area contributed by atoms with Gasteiger partial charge in [-0.2, -0.15) is 18.3 Å². The normalized spacial score (nSPS) is 11.7. The molecule has 3 nitrogen and oxygen atoms in total. The average molecular weight is 402 g/mol. The highest BCUT2D eigenvalue weighted by molar-refractivity contribution is 6.33. The topological polar surface area (TPSA) is 40.7 Å². The lowest BCUT2D eigenvalue weighted by Crippen LogP contribution is -2.05. The fourth-order valence-corrected chi connectivity index (χ4v) is 3.25. The third-order valence-corrected chi connectivity index (χ3v) is 4.82. The van der Waals surface area contributed by atoms with E-state index in [2.05, 4.69) is 15.5 Å². The van der Waals surface area contributed by atoms with E-state index in [9.17, 15) is 13.2 Å². The van der Waals surface area contributed by atoms with E-state index in [0.717, 1.165) is 39.7 Å². The van der Waals surface area contributed by atoms with Gasteiger partial charge in [0.1, 0.15) is 0 Å². The molecule has 4 aromatic rings. The van der Waals surface area contributed by atoms with Gasteiger partial charge in [0.25, 0.3) is 0 Å². The minimum absolute atomic E-state index is 0.356. The number of alkyl halides is 3. The molecular weight excluding hydrogens is 387 g/mol. The predicted molar refractivity (Wildman–Crippen MR) is 105 cm³/mol.